The lowest BCUT2D eigenvalue weighted by atomic mass is 10.1. The second-order valence-electron chi connectivity index (χ2n) is 7.55. The quantitative estimate of drug-likeness (QED) is 0.736. The van der Waals surface area contributed by atoms with E-state index in [4.69, 9.17) is 9.47 Å². The molecule has 3 aromatic rings. The minimum atomic E-state index is -0.0173. The van der Waals surface area contributed by atoms with Crippen LogP contribution in [-0.4, -0.2) is 47.8 Å². The highest BCUT2D eigenvalue weighted by molar-refractivity contribution is 5.74. The molecule has 1 saturated heterocycles. The third kappa shape index (κ3) is 3.53. The monoisotopic (exact) mass is 392 g/mol. The molecule has 0 bridgehead atoms. The van der Waals surface area contributed by atoms with E-state index in [0.717, 1.165) is 66.4 Å². The SMILES string of the molecule is CCc1cc2ncc(CN3CCN(c4ccc5c(c4)OCO5)CC3)cc2[nH]c1=O. The highest BCUT2D eigenvalue weighted by atomic mass is 16.7. The molecule has 0 unspecified atom stereocenters. The molecule has 0 amide bonds. The summed E-state index contributed by atoms with van der Waals surface area (Å²) in [6.45, 7) is 6.96. The zero-order chi connectivity index (χ0) is 19.8. The van der Waals surface area contributed by atoms with E-state index in [9.17, 15) is 4.79 Å². The summed E-state index contributed by atoms with van der Waals surface area (Å²) in [6.07, 6.45) is 2.63. The number of aromatic amines is 1. The molecule has 0 aliphatic carbocycles. The summed E-state index contributed by atoms with van der Waals surface area (Å²) in [5.41, 5.74) is 4.70. The fourth-order valence-electron chi connectivity index (χ4n) is 4.02. The zero-order valence-electron chi connectivity index (χ0n) is 16.5. The average Bonchev–Trinajstić information content (AvgIpc) is 3.21. The molecule has 1 N–H and O–H groups in total. The van der Waals surface area contributed by atoms with Crippen LogP contribution >= 0.6 is 0 Å². The van der Waals surface area contributed by atoms with Crippen molar-refractivity contribution in [2.75, 3.05) is 37.9 Å². The topological polar surface area (TPSA) is 70.7 Å². The summed E-state index contributed by atoms with van der Waals surface area (Å²) >= 11 is 0. The molecular formula is C22H24N4O3. The van der Waals surface area contributed by atoms with Gasteiger partial charge in [-0.3, -0.25) is 14.7 Å². The molecule has 0 radical (unpaired) electrons. The minimum Gasteiger partial charge on any atom is -0.454 e. The van der Waals surface area contributed by atoms with Gasteiger partial charge in [-0.2, -0.15) is 0 Å². The number of fused-ring (bicyclic) bond motifs is 2. The molecule has 1 fully saturated rings. The molecular weight excluding hydrogens is 368 g/mol. The molecule has 0 atom stereocenters. The van der Waals surface area contributed by atoms with Gasteiger partial charge in [0.15, 0.2) is 11.5 Å². The number of hydrogen-bond donors (Lipinski definition) is 1. The van der Waals surface area contributed by atoms with E-state index in [1.165, 1.54) is 5.69 Å². The Hall–Kier alpha value is -3.06. The van der Waals surface area contributed by atoms with Crippen LogP contribution < -0.4 is 19.9 Å². The van der Waals surface area contributed by atoms with Gasteiger partial charge in [0.2, 0.25) is 6.79 Å². The number of aromatic nitrogens is 2. The Morgan fingerprint density at radius 3 is 2.72 bits per heavy atom. The molecule has 0 spiro atoms. The van der Waals surface area contributed by atoms with E-state index in [1.807, 2.05) is 31.3 Å². The van der Waals surface area contributed by atoms with Crippen molar-refractivity contribution in [3.8, 4) is 11.5 Å². The number of pyridine rings is 2. The second-order valence-corrected chi connectivity index (χ2v) is 7.55. The van der Waals surface area contributed by atoms with Crippen molar-refractivity contribution in [1.29, 1.82) is 0 Å². The van der Waals surface area contributed by atoms with Crippen molar-refractivity contribution in [2.45, 2.75) is 19.9 Å². The number of rotatable bonds is 4. The van der Waals surface area contributed by atoms with Gasteiger partial charge >= 0.3 is 0 Å². The van der Waals surface area contributed by atoms with Crippen molar-refractivity contribution >= 4 is 16.7 Å². The molecule has 150 valence electrons. The largest absolute Gasteiger partial charge is 0.454 e. The maximum atomic E-state index is 12.1. The molecule has 2 aliphatic heterocycles. The van der Waals surface area contributed by atoms with Crippen LogP contribution in [0.25, 0.3) is 11.0 Å². The van der Waals surface area contributed by atoms with Crippen LogP contribution in [-0.2, 0) is 13.0 Å². The van der Waals surface area contributed by atoms with Crippen LogP contribution in [0.5, 0.6) is 11.5 Å². The molecule has 29 heavy (non-hydrogen) atoms. The number of ether oxygens (including phenoxy) is 2. The van der Waals surface area contributed by atoms with E-state index >= 15 is 0 Å². The van der Waals surface area contributed by atoms with Gasteiger partial charge in [-0.1, -0.05) is 6.92 Å². The predicted molar refractivity (Wildman–Crippen MR) is 112 cm³/mol. The Bertz CT molecular complexity index is 1100. The van der Waals surface area contributed by atoms with Crippen molar-refractivity contribution in [2.24, 2.45) is 0 Å². The lowest BCUT2D eigenvalue weighted by Gasteiger charge is -2.36. The second kappa shape index (κ2) is 7.40. The van der Waals surface area contributed by atoms with E-state index < -0.39 is 0 Å². The Kier molecular flexibility index (Phi) is 4.60. The summed E-state index contributed by atoms with van der Waals surface area (Å²) in [7, 11) is 0. The van der Waals surface area contributed by atoms with Gasteiger partial charge in [0.25, 0.3) is 5.56 Å². The van der Waals surface area contributed by atoms with Crippen LogP contribution in [0, 0.1) is 0 Å². The predicted octanol–water partition coefficient (Wildman–Crippen LogP) is 2.54. The number of anilines is 1. The van der Waals surface area contributed by atoms with Gasteiger partial charge in [-0.05, 0) is 36.2 Å². The summed E-state index contributed by atoms with van der Waals surface area (Å²) in [5.74, 6) is 1.65. The van der Waals surface area contributed by atoms with Crippen molar-refractivity contribution in [3.63, 3.8) is 0 Å². The number of aryl methyl sites for hydroxylation is 1. The van der Waals surface area contributed by atoms with Crippen molar-refractivity contribution in [3.05, 3.63) is 58.0 Å². The van der Waals surface area contributed by atoms with Gasteiger partial charge in [0.05, 0.1) is 11.0 Å². The van der Waals surface area contributed by atoms with E-state index in [0.29, 0.717) is 13.2 Å². The zero-order valence-corrected chi connectivity index (χ0v) is 16.5. The fourth-order valence-corrected chi connectivity index (χ4v) is 4.02. The van der Waals surface area contributed by atoms with Crippen molar-refractivity contribution < 1.29 is 9.47 Å². The van der Waals surface area contributed by atoms with Gasteiger partial charge in [0, 0.05) is 56.2 Å². The van der Waals surface area contributed by atoms with Crippen molar-refractivity contribution in [1.82, 2.24) is 14.9 Å². The van der Waals surface area contributed by atoms with E-state index in [1.54, 1.807) is 0 Å². The number of hydrogen-bond acceptors (Lipinski definition) is 6. The molecule has 1 aromatic carbocycles. The summed E-state index contributed by atoms with van der Waals surface area (Å²) in [5, 5.41) is 0. The number of nitrogens with zero attached hydrogens (tertiary/aromatic N) is 3. The first-order valence-corrected chi connectivity index (χ1v) is 10.1. The molecule has 7 heteroatoms. The highest BCUT2D eigenvalue weighted by Crippen LogP contribution is 2.35. The number of benzene rings is 1. The molecule has 4 heterocycles. The van der Waals surface area contributed by atoms with Crippen LogP contribution in [0.1, 0.15) is 18.1 Å². The highest BCUT2D eigenvalue weighted by Gasteiger charge is 2.20. The first-order chi connectivity index (χ1) is 14.2. The van der Waals surface area contributed by atoms with E-state index in [2.05, 4.69) is 31.9 Å². The Balaban J connectivity index is 1.25. The lowest BCUT2D eigenvalue weighted by Crippen LogP contribution is -2.45. The Morgan fingerprint density at radius 1 is 1.07 bits per heavy atom. The molecule has 0 saturated carbocycles. The fraction of sp³-hybridized carbons (Fsp3) is 0.364. The van der Waals surface area contributed by atoms with Crippen LogP contribution in [0.4, 0.5) is 5.69 Å². The van der Waals surface area contributed by atoms with Gasteiger partial charge in [0.1, 0.15) is 0 Å². The maximum Gasteiger partial charge on any atom is 0.251 e. The molecule has 7 nitrogen and oxygen atoms in total. The number of nitrogens with one attached hydrogen (secondary N) is 1. The number of piperazine rings is 1. The Morgan fingerprint density at radius 2 is 1.90 bits per heavy atom. The van der Waals surface area contributed by atoms with Crippen LogP contribution in [0.3, 0.4) is 0 Å². The van der Waals surface area contributed by atoms with E-state index in [-0.39, 0.29) is 5.56 Å². The summed E-state index contributed by atoms with van der Waals surface area (Å²) in [6, 6.07) is 10.1. The first kappa shape index (κ1) is 18.0. The maximum absolute atomic E-state index is 12.1. The first-order valence-electron chi connectivity index (χ1n) is 10.1. The standard InChI is InChI=1S/C22H24N4O3/c1-2-16-10-18-19(24-22(16)27)9-15(12-23-18)13-25-5-7-26(8-6-25)17-3-4-20-21(11-17)29-14-28-20/h3-4,9-12H,2,5-8,13-14H2,1H3,(H,24,27). The third-order valence-electron chi connectivity index (χ3n) is 5.71. The van der Waals surface area contributed by atoms with Crippen LogP contribution in [0.15, 0.2) is 41.3 Å². The van der Waals surface area contributed by atoms with Gasteiger partial charge < -0.3 is 19.4 Å². The van der Waals surface area contributed by atoms with Crippen LogP contribution in [0.2, 0.25) is 0 Å². The van der Waals surface area contributed by atoms with Gasteiger partial charge in [-0.15, -0.1) is 0 Å². The third-order valence-corrected chi connectivity index (χ3v) is 5.71. The summed E-state index contributed by atoms with van der Waals surface area (Å²) in [4.78, 5) is 24.4. The minimum absolute atomic E-state index is 0.0173. The molecule has 2 aromatic heterocycles. The van der Waals surface area contributed by atoms with Gasteiger partial charge in [-0.25, -0.2) is 0 Å². The number of H-pyrrole nitrogens is 1. The molecule has 5 rings (SSSR count). The normalized spacial score (nSPS) is 16.5. The average molecular weight is 392 g/mol. The lowest BCUT2D eigenvalue weighted by molar-refractivity contribution is 0.174. The molecule has 2 aliphatic rings. The summed E-state index contributed by atoms with van der Waals surface area (Å²) < 4.78 is 10.9. The Labute approximate surface area is 168 Å². The smallest absolute Gasteiger partial charge is 0.251 e.